The molecule has 0 radical (unpaired) electrons. The molecule has 0 fully saturated rings. The second-order valence-electron chi connectivity index (χ2n) is 2.78. The zero-order chi connectivity index (χ0) is 10.1. The van der Waals surface area contributed by atoms with Crippen molar-refractivity contribution in [2.45, 2.75) is 0 Å². The number of anilines is 1. The van der Waals surface area contributed by atoms with E-state index in [4.69, 9.17) is 5.73 Å². The molecule has 0 aliphatic carbocycles. The first-order chi connectivity index (χ1) is 6.70. The average molecular weight is 192 g/mol. The molecule has 0 bridgehead atoms. The predicted octanol–water partition coefficient (Wildman–Crippen LogP) is 1.33. The Hall–Kier alpha value is -2.17. The van der Waals surface area contributed by atoms with Gasteiger partial charge in [-0.25, -0.2) is 0 Å². The van der Waals surface area contributed by atoms with Crippen molar-refractivity contribution in [1.82, 2.24) is 5.16 Å². The van der Waals surface area contributed by atoms with Gasteiger partial charge in [0.25, 0.3) is 0 Å². The summed E-state index contributed by atoms with van der Waals surface area (Å²) in [6.07, 6.45) is 1.38. The summed E-state index contributed by atoms with van der Waals surface area (Å²) < 4.78 is 4.65. The number of para-hydroxylation sites is 1. The maximum atomic E-state index is 9.52. The zero-order valence-electron chi connectivity index (χ0n) is 7.14. The van der Waals surface area contributed by atoms with Crippen LogP contribution in [0.2, 0.25) is 0 Å². The van der Waals surface area contributed by atoms with Crippen LogP contribution in [0.15, 0.2) is 28.9 Å². The molecule has 0 saturated heterocycles. The SMILES string of the molecule is Nc1oncc1-c1cccc(O)c1O. The van der Waals surface area contributed by atoms with Gasteiger partial charge in [0.05, 0.1) is 11.8 Å². The van der Waals surface area contributed by atoms with E-state index in [2.05, 4.69) is 9.68 Å². The van der Waals surface area contributed by atoms with E-state index in [9.17, 15) is 10.2 Å². The standard InChI is InChI=1S/C9H8N2O3/c10-9-6(4-11-14-9)5-2-1-3-7(12)8(5)13/h1-4,12-13H,10H2. The first-order valence-corrected chi connectivity index (χ1v) is 3.91. The summed E-state index contributed by atoms with van der Waals surface area (Å²) in [5, 5.41) is 22.2. The summed E-state index contributed by atoms with van der Waals surface area (Å²) in [5.41, 5.74) is 6.32. The van der Waals surface area contributed by atoms with Gasteiger partial charge in [-0.05, 0) is 6.07 Å². The van der Waals surface area contributed by atoms with Crippen LogP contribution in [-0.4, -0.2) is 15.4 Å². The van der Waals surface area contributed by atoms with Crippen molar-refractivity contribution in [3.63, 3.8) is 0 Å². The number of aromatic hydroxyl groups is 2. The molecule has 5 heteroatoms. The molecule has 14 heavy (non-hydrogen) atoms. The first-order valence-electron chi connectivity index (χ1n) is 3.91. The van der Waals surface area contributed by atoms with E-state index in [-0.39, 0.29) is 17.4 Å². The highest BCUT2D eigenvalue weighted by Gasteiger charge is 2.13. The summed E-state index contributed by atoms with van der Waals surface area (Å²) in [6, 6.07) is 4.58. The molecule has 0 saturated carbocycles. The van der Waals surface area contributed by atoms with Gasteiger partial charge >= 0.3 is 0 Å². The van der Waals surface area contributed by atoms with E-state index in [1.807, 2.05) is 0 Å². The number of nitrogen functional groups attached to an aromatic ring is 1. The van der Waals surface area contributed by atoms with Gasteiger partial charge in [-0.15, -0.1) is 0 Å². The Kier molecular flexibility index (Phi) is 1.78. The summed E-state index contributed by atoms with van der Waals surface area (Å²) in [4.78, 5) is 0. The Morgan fingerprint density at radius 1 is 1.21 bits per heavy atom. The van der Waals surface area contributed by atoms with Gasteiger partial charge in [-0.2, -0.15) is 0 Å². The Bertz CT molecular complexity index is 465. The molecule has 5 nitrogen and oxygen atoms in total. The number of phenolic OH excluding ortho intramolecular Hbond substituents is 2. The van der Waals surface area contributed by atoms with Gasteiger partial charge < -0.3 is 20.5 Å². The molecule has 2 aromatic rings. The lowest BCUT2D eigenvalue weighted by Crippen LogP contribution is -1.85. The van der Waals surface area contributed by atoms with Gasteiger partial charge in [0.2, 0.25) is 5.88 Å². The Morgan fingerprint density at radius 3 is 2.64 bits per heavy atom. The number of nitrogens with two attached hydrogens (primary N) is 1. The van der Waals surface area contributed by atoms with E-state index in [1.165, 1.54) is 12.3 Å². The third-order valence-electron chi connectivity index (χ3n) is 1.90. The molecule has 4 N–H and O–H groups in total. The highest BCUT2D eigenvalue weighted by atomic mass is 16.5. The minimum Gasteiger partial charge on any atom is -0.504 e. The van der Waals surface area contributed by atoms with Crippen molar-refractivity contribution in [2.75, 3.05) is 5.73 Å². The van der Waals surface area contributed by atoms with Crippen LogP contribution < -0.4 is 5.73 Å². The lowest BCUT2D eigenvalue weighted by atomic mass is 10.1. The van der Waals surface area contributed by atoms with E-state index in [0.29, 0.717) is 11.1 Å². The van der Waals surface area contributed by atoms with Crippen LogP contribution in [0.25, 0.3) is 11.1 Å². The van der Waals surface area contributed by atoms with Crippen LogP contribution in [0.5, 0.6) is 11.5 Å². The molecule has 2 rings (SSSR count). The molecular weight excluding hydrogens is 184 g/mol. The topological polar surface area (TPSA) is 92.5 Å². The molecular formula is C9H8N2O3. The van der Waals surface area contributed by atoms with E-state index < -0.39 is 0 Å². The lowest BCUT2D eigenvalue weighted by Gasteiger charge is -2.03. The van der Waals surface area contributed by atoms with E-state index in [0.717, 1.165) is 0 Å². The van der Waals surface area contributed by atoms with Crippen LogP contribution in [0.4, 0.5) is 5.88 Å². The summed E-state index contributed by atoms with van der Waals surface area (Å²) >= 11 is 0. The van der Waals surface area contributed by atoms with Gasteiger partial charge in [0.1, 0.15) is 0 Å². The highest BCUT2D eigenvalue weighted by molar-refractivity contribution is 5.78. The number of aromatic nitrogens is 1. The molecule has 0 atom stereocenters. The summed E-state index contributed by atoms with van der Waals surface area (Å²) in [6.45, 7) is 0. The third kappa shape index (κ3) is 1.15. The normalized spacial score (nSPS) is 10.3. The quantitative estimate of drug-likeness (QED) is 0.593. The minimum atomic E-state index is -0.234. The molecule has 0 unspecified atom stereocenters. The third-order valence-corrected chi connectivity index (χ3v) is 1.90. The Labute approximate surface area is 79.4 Å². The van der Waals surface area contributed by atoms with Crippen molar-refractivity contribution in [3.8, 4) is 22.6 Å². The predicted molar refractivity (Wildman–Crippen MR) is 49.7 cm³/mol. The van der Waals surface area contributed by atoms with Crippen molar-refractivity contribution >= 4 is 5.88 Å². The lowest BCUT2D eigenvalue weighted by molar-refractivity contribution is 0.405. The van der Waals surface area contributed by atoms with Gasteiger partial charge in [-0.1, -0.05) is 17.3 Å². The van der Waals surface area contributed by atoms with Crippen LogP contribution in [0, 0.1) is 0 Å². The fraction of sp³-hybridized carbons (Fsp3) is 0. The number of nitrogens with zero attached hydrogens (tertiary/aromatic N) is 1. The summed E-state index contributed by atoms with van der Waals surface area (Å²) in [5.74, 6) is -0.337. The van der Waals surface area contributed by atoms with Crippen LogP contribution in [0.1, 0.15) is 0 Å². The number of phenols is 2. The number of hydrogen-bond acceptors (Lipinski definition) is 5. The monoisotopic (exact) mass is 192 g/mol. The van der Waals surface area contributed by atoms with Crippen molar-refractivity contribution < 1.29 is 14.7 Å². The summed E-state index contributed by atoms with van der Waals surface area (Å²) in [7, 11) is 0. The Balaban J connectivity index is 2.63. The van der Waals surface area contributed by atoms with E-state index >= 15 is 0 Å². The van der Waals surface area contributed by atoms with Gasteiger partial charge in [0.15, 0.2) is 11.5 Å². The minimum absolute atomic E-state index is 0.103. The Morgan fingerprint density at radius 2 is 2.00 bits per heavy atom. The molecule has 0 spiro atoms. The smallest absolute Gasteiger partial charge is 0.230 e. The zero-order valence-corrected chi connectivity index (χ0v) is 7.14. The second kappa shape index (κ2) is 2.95. The van der Waals surface area contributed by atoms with Crippen molar-refractivity contribution in [2.24, 2.45) is 0 Å². The molecule has 72 valence electrons. The number of rotatable bonds is 1. The van der Waals surface area contributed by atoms with Crippen LogP contribution in [0.3, 0.4) is 0 Å². The number of hydrogen-bond donors (Lipinski definition) is 3. The van der Waals surface area contributed by atoms with Gasteiger partial charge in [-0.3, -0.25) is 0 Å². The first kappa shape index (κ1) is 8.43. The van der Waals surface area contributed by atoms with E-state index in [1.54, 1.807) is 12.1 Å². The van der Waals surface area contributed by atoms with Crippen LogP contribution in [-0.2, 0) is 0 Å². The molecule has 0 aliphatic heterocycles. The molecule has 1 aromatic carbocycles. The maximum absolute atomic E-state index is 9.52. The molecule has 0 amide bonds. The van der Waals surface area contributed by atoms with Crippen LogP contribution >= 0.6 is 0 Å². The number of benzene rings is 1. The fourth-order valence-corrected chi connectivity index (χ4v) is 1.20. The van der Waals surface area contributed by atoms with Crippen molar-refractivity contribution in [3.05, 3.63) is 24.4 Å². The fourth-order valence-electron chi connectivity index (χ4n) is 1.20. The highest BCUT2D eigenvalue weighted by Crippen LogP contribution is 2.38. The molecule has 0 aliphatic rings. The van der Waals surface area contributed by atoms with Crippen molar-refractivity contribution in [1.29, 1.82) is 0 Å². The van der Waals surface area contributed by atoms with Gasteiger partial charge in [0, 0.05) is 5.56 Å². The molecule has 1 heterocycles. The second-order valence-corrected chi connectivity index (χ2v) is 2.78. The average Bonchev–Trinajstić information content (AvgIpc) is 2.57. The maximum Gasteiger partial charge on any atom is 0.230 e. The molecule has 1 aromatic heterocycles. The largest absolute Gasteiger partial charge is 0.504 e.